The quantitative estimate of drug-likeness (QED) is 0.760. The molecular weight excluding hydrogens is 224 g/mol. The van der Waals surface area contributed by atoms with Crippen molar-refractivity contribution in [3.8, 4) is 0 Å². The highest BCUT2D eigenvalue weighted by atomic mass is 16.5. The molecule has 2 aromatic carbocycles. The molecule has 0 radical (unpaired) electrons. The summed E-state index contributed by atoms with van der Waals surface area (Å²) in [5, 5.41) is 2.31. The summed E-state index contributed by atoms with van der Waals surface area (Å²) in [5.41, 5.74) is 1.07. The van der Waals surface area contributed by atoms with Crippen molar-refractivity contribution in [2.24, 2.45) is 0 Å². The van der Waals surface area contributed by atoms with Gasteiger partial charge >= 0.3 is 5.97 Å². The molecule has 1 atom stereocenters. The van der Waals surface area contributed by atoms with Crippen molar-refractivity contribution < 1.29 is 9.53 Å². The Labute approximate surface area is 108 Å². The largest absolute Gasteiger partial charge is 0.469 e. The van der Waals surface area contributed by atoms with E-state index in [2.05, 4.69) is 25.1 Å². The number of hydrogen-bond acceptors (Lipinski definition) is 2. The van der Waals surface area contributed by atoms with Gasteiger partial charge in [-0.3, -0.25) is 4.79 Å². The molecule has 0 aliphatic carbocycles. The standard InChI is InChI=1S/C16H18O2/c1-3-7-15(16(17)18-2)14-11-6-9-12-8-4-5-10-13(12)14/h4-6,8-11,15H,3,7H2,1-2H3. The van der Waals surface area contributed by atoms with Gasteiger partial charge in [-0.25, -0.2) is 0 Å². The molecule has 2 rings (SSSR count). The zero-order valence-corrected chi connectivity index (χ0v) is 10.8. The number of ether oxygens (including phenoxy) is 1. The molecule has 0 fully saturated rings. The average Bonchev–Trinajstić information content (AvgIpc) is 2.43. The van der Waals surface area contributed by atoms with Crippen molar-refractivity contribution in [2.75, 3.05) is 7.11 Å². The normalized spacial score (nSPS) is 12.3. The molecule has 0 saturated carbocycles. The van der Waals surface area contributed by atoms with E-state index >= 15 is 0 Å². The maximum Gasteiger partial charge on any atom is 0.313 e. The van der Waals surface area contributed by atoms with E-state index in [4.69, 9.17) is 4.74 Å². The lowest BCUT2D eigenvalue weighted by atomic mass is 9.90. The van der Waals surface area contributed by atoms with Crippen LogP contribution in [0, 0.1) is 0 Å². The molecule has 94 valence electrons. The van der Waals surface area contributed by atoms with Crippen molar-refractivity contribution >= 4 is 16.7 Å². The Balaban J connectivity index is 2.53. The van der Waals surface area contributed by atoms with Crippen LogP contribution in [0.3, 0.4) is 0 Å². The molecule has 0 spiro atoms. The Bertz CT molecular complexity index is 540. The zero-order chi connectivity index (χ0) is 13.0. The van der Waals surface area contributed by atoms with Crippen LogP contribution in [0.4, 0.5) is 0 Å². The second-order valence-corrected chi connectivity index (χ2v) is 4.43. The second kappa shape index (κ2) is 5.67. The van der Waals surface area contributed by atoms with Crippen LogP contribution in [-0.2, 0) is 9.53 Å². The van der Waals surface area contributed by atoms with Crippen molar-refractivity contribution in [1.82, 2.24) is 0 Å². The summed E-state index contributed by atoms with van der Waals surface area (Å²) < 4.78 is 4.93. The van der Waals surface area contributed by atoms with Crippen LogP contribution >= 0.6 is 0 Å². The maximum absolute atomic E-state index is 11.9. The Kier molecular flexibility index (Phi) is 3.98. The maximum atomic E-state index is 11.9. The molecule has 2 aromatic rings. The fraction of sp³-hybridized carbons (Fsp3) is 0.312. The summed E-state index contributed by atoms with van der Waals surface area (Å²) in [6.07, 6.45) is 1.78. The van der Waals surface area contributed by atoms with Gasteiger partial charge in [-0.1, -0.05) is 55.8 Å². The number of benzene rings is 2. The summed E-state index contributed by atoms with van der Waals surface area (Å²) in [5.74, 6) is -0.306. The molecule has 0 heterocycles. The fourth-order valence-corrected chi connectivity index (χ4v) is 2.39. The van der Waals surface area contributed by atoms with Gasteiger partial charge in [0.1, 0.15) is 0 Å². The van der Waals surface area contributed by atoms with Gasteiger partial charge in [0, 0.05) is 0 Å². The minimum absolute atomic E-state index is 0.145. The van der Waals surface area contributed by atoms with Gasteiger partial charge in [0.25, 0.3) is 0 Å². The summed E-state index contributed by atoms with van der Waals surface area (Å²) >= 11 is 0. The van der Waals surface area contributed by atoms with Crippen LogP contribution in [0.1, 0.15) is 31.2 Å². The van der Waals surface area contributed by atoms with Gasteiger partial charge in [0.05, 0.1) is 13.0 Å². The number of fused-ring (bicyclic) bond motifs is 1. The summed E-state index contributed by atoms with van der Waals surface area (Å²) in [7, 11) is 1.45. The van der Waals surface area contributed by atoms with Crippen LogP contribution in [0.2, 0.25) is 0 Å². The second-order valence-electron chi connectivity index (χ2n) is 4.43. The van der Waals surface area contributed by atoms with Gasteiger partial charge in [0.15, 0.2) is 0 Å². The van der Waals surface area contributed by atoms with Gasteiger partial charge in [-0.2, -0.15) is 0 Å². The third-order valence-corrected chi connectivity index (χ3v) is 3.26. The van der Waals surface area contributed by atoms with Gasteiger partial charge in [0.2, 0.25) is 0 Å². The molecule has 0 N–H and O–H groups in total. The third kappa shape index (κ3) is 2.37. The minimum atomic E-state index is -0.161. The molecule has 0 aliphatic rings. The minimum Gasteiger partial charge on any atom is -0.469 e. The smallest absolute Gasteiger partial charge is 0.313 e. The van der Waals surface area contributed by atoms with E-state index in [0.29, 0.717) is 0 Å². The first kappa shape index (κ1) is 12.6. The van der Waals surface area contributed by atoms with Gasteiger partial charge in [-0.05, 0) is 22.8 Å². The van der Waals surface area contributed by atoms with E-state index in [1.807, 2.05) is 24.3 Å². The molecule has 1 unspecified atom stereocenters. The zero-order valence-electron chi connectivity index (χ0n) is 10.8. The first-order valence-electron chi connectivity index (χ1n) is 6.33. The van der Waals surface area contributed by atoms with Gasteiger partial charge < -0.3 is 4.74 Å². The lowest BCUT2D eigenvalue weighted by Gasteiger charge is -2.16. The topological polar surface area (TPSA) is 26.3 Å². The van der Waals surface area contributed by atoms with Crippen LogP contribution in [0.15, 0.2) is 42.5 Å². The summed E-state index contributed by atoms with van der Waals surface area (Å²) in [6.45, 7) is 2.08. The third-order valence-electron chi connectivity index (χ3n) is 3.26. The number of esters is 1. The van der Waals surface area contributed by atoms with E-state index in [9.17, 15) is 4.79 Å². The molecular formula is C16H18O2. The highest BCUT2D eigenvalue weighted by molar-refractivity contribution is 5.91. The van der Waals surface area contributed by atoms with Crippen molar-refractivity contribution in [1.29, 1.82) is 0 Å². The molecule has 18 heavy (non-hydrogen) atoms. The molecule has 2 heteroatoms. The lowest BCUT2D eigenvalue weighted by molar-refractivity contribution is -0.142. The highest BCUT2D eigenvalue weighted by Gasteiger charge is 2.21. The number of carbonyl (C=O) groups excluding carboxylic acids is 1. The summed E-state index contributed by atoms with van der Waals surface area (Å²) in [4.78, 5) is 11.9. The lowest BCUT2D eigenvalue weighted by Crippen LogP contribution is -2.14. The van der Waals surface area contributed by atoms with Crippen LogP contribution in [-0.4, -0.2) is 13.1 Å². The van der Waals surface area contributed by atoms with Crippen molar-refractivity contribution in [2.45, 2.75) is 25.7 Å². The molecule has 0 aromatic heterocycles. The van der Waals surface area contributed by atoms with E-state index in [1.165, 1.54) is 12.5 Å². The molecule has 0 amide bonds. The first-order valence-corrected chi connectivity index (χ1v) is 6.33. The molecule has 0 saturated heterocycles. The number of rotatable bonds is 4. The molecule has 0 bridgehead atoms. The predicted molar refractivity (Wildman–Crippen MR) is 73.6 cm³/mol. The van der Waals surface area contributed by atoms with E-state index < -0.39 is 0 Å². The van der Waals surface area contributed by atoms with E-state index in [1.54, 1.807) is 0 Å². The number of carbonyl (C=O) groups is 1. The Morgan fingerprint density at radius 3 is 2.61 bits per heavy atom. The fourth-order valence-electron chi connectivity index (χ4n) is 2.39. The van der Waals surface area contributed by atoms with Crippen LogP contribution in [0.25, 0.3) is 10.8 Å². The summed E-state index contributed by atoms with van der Waals surface area (Å²) in [6, 6.07) is 14.3. The Hall–Kier alpha value is -1.83. The first-order chi connectivity index (χ1) is 8.77. The van der Waals surface area contributed by atoms with Gasteiger partial charge in [-0.15, -0.1) is 0 Å². The van der Waals surface area contributed by atoms with Crippen LogP contribution < -0.4 is 0 Å². The van der Waals surface area contributed by atoms with E-state index in [0.717, 1.165) is 23.8 Å². The van der Waals surface area contributed by atoms with Crippen LogP contribution in [0.5, 0.6) is 0 Å². The average molecular weight is 242 g/mol. The Morgan fingerprint density at radius 2 is 1.89 bits per heavy atom. The predicted octanol–water partition coefficient (Wildman–Crippen LogP) is 3.90. The highest BCUT2D eigenvalue weighted by Crippen LogP contribution is 2.29. The monoisotopic (exact) mass is 242 g/mol. The molecule has 0 aliphatic heterocycles. The Morgan fingerprint density at radius 1 is 1.17 bits per heavy atom. The van der Waals surface area contributed by atoms with Crippen molar-refractivity contribution in [3.05, 3.63) is 48.0 Å². The number of hydrogen-bond donors (Lipinski definition) is 0. The van der Waals surface area contributed by atoms with E-state index in [-0.39, 0.29) is 11.9 Å². The number of methoxy groups -OCH3 is 1. The van der Waals surface area contributed by atoms with Crippen molar-refractivity contribution in [3.63, 3.8) is 0 Å². The SMILES string of the molecule is CCCC(C(=O)OC)c1cccc2ccccc12. The molecule has 2 nitrogen and oxygen atoms in total.